The van der Waals surface area contributed by atoms with Gasteiger partial charge in [0.2, 0.25) is 0 Å². The molecule has 0 saturated carbocycles. The molecule has 0 aliphatic rings. The summed E-state index contributed by atoms with van der Waals surface area (Å²) >= 11 is 0. The quantitative estimate of drug-likeness (QED) is 0.846. The van der Waals surface area contributed by atoms with Crippen LogP contribution in [0, 0.1) is 6.92 Å². The highest BCUT2D eigenvalue weighted by Crippen LogP contribution is 2.09. The summed E-state index contributed by atoms with van der Waals surface area (Å²) < 4.78 is 3.94. The summed E-state index contributed by atoms with van der Waals surface area (Å²) in [5.41, 5.74) is 7.93. The molecule has 0 amide bonds. The number of aryl methyl sites for hydroxylation is 2. The van der Waals surface area contributed by atoms with Gasteiger partial charge in [-0.15, -0.1) is 0 Å². The fourth-order valence-corrected chi connectivity index (χ4v) is 1.77. The third-order valence-electron chi connectivity index (χ3n) is 2.51. The maximum absolute atomic E-state index is 5.85. The lowest BCUT2D eigenvalue weighted by Crippen LogP contribution is -2.10. The first-order valence-electron chi connectivity index (χ1n) is 5.49. The third-order valence-corrected chi connectivity index (χ3v) is 2.51. The molecule has 2 aromatic heterocycles. The Hall–Kier alpha value is -1.78. The van der Waals surface area contributed by atoms with Crippen LogP contribution in [0.15, 0.2) is 18.6 Å². The van der Waals surface area contributed by atoms with E-state index in [0.29, 0.717) is 12.4 Å². The van der Waals surface area contributed by atoms with Crippen molar-refractivity contribution in [3.8, 4) is 0 Å². The van der Waals surface area contributed by atoms with E-state index in [-0.39, 0.29) is 0 Å². The monoisotopic (exact) mass is 219 g/mol. The largest absolute Gasteiger partial charge is 0.384 e. The van der Waals surface area contributed by atoms with E-state index in [0.717, 1.165) is 24.4 Å². The Morgan fingerprint density at radius 3 is 2.88 bits per heavy atom. The van der Waals surface area contributed by atoms with Crippen LogP contribution in [0.4, 0.5) is 5.82 Å². The molecule has 2 rings (SSSR count). The first-order valence-corrected chi connectivity index (χ1v) is 5.49. The van der Waals surface area contributed by atoms with Crippen molar-refractivity contribution >= 4 is 5.82 Å². The number of hydrogen-bond donors (Lipinski definition) is 1. The molecule has 2 aromatic rings. The molecule has 0 fully saturated rings. The summed E-state index contributed by atoms with van der Waals surface area (Å²) in [4.78, 5) is 4.15. The van der Waals surface area contributed by atoms with Gasteiger partial charge in [0.15, 0.2) is 0 Å². The number of rotatable bonds is 4. The van der Waals surface area contributed by atoms with Crippen molar-refractivity contribution in [2.24, 2.45) is 0 Å². The zero-order valence-corrected chi connectivity index (χ0v) is 9.72. The van der Waals surface area contributed by atoms with Gasteiger partial charge in [-0.05, 0) is 13.3 Å². The molecule has 0 aromatic carbocycles. The average Bonchev–Trinajstić information content (AvgIpc) is 2.77. The molecule has 86 valence electrons. The third kappa shape index (κ3) is 2.08. The Kier molecular flexibility index (Phi) is 2.94. The Balaban J connectivity index is 2.20. The van der Waals surface area contributed by atoms with E-state index >= 15 is 0 Å². The predicted octanol–water partition coefficient (Wildman–Crippen LogP) is 1.43. The fraction of sp³-hybridized carbons (Fsp3) is 0.455. The van der Waals surface area contributed by atoms with E-state index in [1.54, 1.807) is 4.68 Å². The summed E-state index contributed by atoms with van der Waals surface area (Å²) in [5, 5.41) is 4.34. The standard InChI is InChI=1S/C11H17N5/c1-3-4-15-8-13-6-10(15)7-16-11(12)5-9(2)14-16/h5-6,8H,3-4,7,12H2,1-2H3. The number of aromatic nitrogens is 4. The minimum atomic E-state index is 0.680. The molecule has 2 N–H and O–H groups in total. The molecule has 5 heteroatoms. The molecule has 16 heavy (non-hydrogen) atoms. The van der Waals surface area contributed by atoms with E-state index in [9.17, 15) is 0 Å². The van der Waals surface area contributed by atoms with E-state index in [1.165, 1.54) is 0 Å². The van der Waals surface area contributed by atoms with Crippen LogP contribution in [0.1, 0.15) is 24.7 Å². The number of anilines is 1. The van der Waals surface area contributed by atoms with Gasteiger partial charge in [0.25, 0.3) is 0 Å². The van der Waals surface area contributed by atoms with Crippen molar-refractivity contribution in [3.05, 3.63) is 30.0 Å². The lowest BCUT2D eigenvalue weighted by molar-refractivity contribution is 0.598. The summed E-state index contributed by atoms with van der Waals surface area (Å²) in [7, 11) is 0. The molecule has 0 bridgehead atoms. The maximum Gasteiger partial charge on any atom is 0.122 e. The predicted molar refractivity (Wildman–Crippen MR) is 63.0 cm³/mol. The molecular formula is C11H17N5. The van der Waals surface area contributed by atoms with Gasteiger partial charge < -0.3 is 10.3 Å². The first-order chi connectivity index (χ1) is 7.70. The van der Waals surface area contributed by atoms with Gasteiger partial charge in [0, 0.05) is 12.6 Å². The van der Waals surface area contributed by atoms with Crippen LogP contribution in [0.2, 0.25) is 0 Å². The molecule has 2 heterocycles. The number of imidazole rings is 1. The molecule has 0 radical (unpaired) electrons. The minimum absolute atomic E-state index is 0.680. The second-order valence-electron chi connectivity index (χ2n) is 3.95. The van der Waals surface area contributed by atoms with Crippen LogP contribution < -0.4 is 5.73 Å². The number of nitrogens with zero attached hydrogens (tertiary/aromatic N) is 4. The number of hydrogen-bond acceptors (Lipinski definition) is 3. The second-order valence-corrected chi connectivity index (χ2v) is 3.95. The number of nitrogens with two attached hydrogens (primary N) is 1. The van der Waals surface area contributed by atoms with Crippen LogP contribution in [-0.2, 0) is 13.1 Å². The van der Waals surface area contributed by atoms with Crippen LogP contribution in [-0.4, -0.2) is 19.3 Å². The first kappa shape index (κ1) is 10.7. The van der Waals surface area contributed by atoms with E-state index in [2.05, 4.69) is 21.6 Å². The highest BCUT2D eigenvalue weighted by Gasteiger charge is 2.06. The zero-order chi connectivity index (χ0) is 11.5. The van der Waals surface area contributed by atoms with E-state index in [1.807, 2.05) is 25.5 Å². The molecule has 0 aliphatic carbocycles. The number of nitrogen functional groups attached to an aromatic ring is 1. The Morgan fingerprint density at radius 2 is 2.25 bits per heavy atom. The molecule has 0 aliphatic heterocycles. The SMILES string of the molecule is CCCn1cncc1Cn1nc(C)cc1N. The molecule has 0 unspecified atom stereocenters. The van der Waals surface area contributed by atoms with E-state index in [4.69, 9.17) is 5.73 Å². The fourth-order valence-electron chi connectivity index (χ4n) is 1.77. The smallest absolute Gasteiger partial charge is 0.122 e. The Labute approximate surface area is 94.9 Å². The highest BCUT2D eigenvalue weighted by molar-refractivity contribution is 5.30. The lowest BCUT2D eigenvalue weighted by Gasteiger charge is -2.07. The van der Waals surface area contributed by atoms with Gasteiger partial charge in [-0.2, -0.15) is 5.10 Å². The second kappa shape index (κ2) is 4.38. The van der Waals surface area contributed by atoms with Gasteiger partial charge in [0.1, 0.15) is 5.82 Å². The Bertz CT molecular complexity index is 468. The van der Waals surface area contributed by atoms with Crippen molar-refractivity contribution in [1.82, 2.24) is 19.3 Å². The van der Waals surface area contributed by atoms with Crippen molar-refractivity contribution < 1.29 is 0 Å². The summed E-state index contributed by atoms with van der Waals surface area (Å²) in [6, 6.07) is 1.88. The van der Waals surface area contributed by atoms with Gasteiger partial charge in [-0.25, -0.2) is 9.67 Å². The zero-order valence-electron chi connectivity index (χ0n) is 9.72. The summed E-state index contributed by atoms with van der Waals surface area (Å²) in [6.45, 7) is 5.75. The lowest BCUT2D eigenvalue weighted by atomic mass is 10.4. The average molecular weight is 219 g/mol. The van der Waals surface area contributed by atoms with Crippen LogP contribution in [0.3, 0.4) is 0 Å². The molecule has 0 spiro atoms. The minimum Gasteiger partial charge on any atom is -0.384 e. The normalized spacial score (nSPS) is 10.9. The summed E-state index contributed by atoms with van der Waals surface area (Å²) in [5.74, 6) is 0.696. The summed E-state index contributed by atoms with van der Waals surface area (Å²) in [6.07, 6.45) is 4.81. The Morgan fingerprint density at radius 1 is 1.44 bits per heavy atom. The molecule has 0 saturated heterocycles. The van der Waals surface area contributed by atoms with E-state index < -0.39 is 0 Å². The van der Waals surface area contributed by atoms with Crippen LogP contribution in [0.25, 0.3) is 0 Å². The van der Waals surface area contributed by atoms with Crippen molar-refractivity contribution in [1.29, 1.82) is 0 Å². The van der Waals surface area contributed by atoms with Gasteiger partial charge in [0.05, 0.1) is 30.5 Å². The maximum atomic E-state index is 5.85. The van der Waals surface area contributed by atoms with Gasteiger partial charge >= 0.3 is 0 Å². The van der Waals surface area contributed by atoms with Crippen molar-refractivity contribution in [2.75, 3.05) is 5.73 Å². The van der Waals surface area contributed by atoms with Crippen molar-refractivity contribution in [2.45, 2.75) is 33.4 Å². The highest BCUT2D eigenvalue weighted by atomic mass is 15.3. The van der Waals surface area contributed by atoms with Crippen molar-refractivity contribution in [3.63, 3.8) is 0 Å². The van der Waals surface area contributed by atoms with Gasteiger partial charge in [-0.1, -0.05) is 6.92 Å². The van der Waals surface area contributed by atoms with Gasteiger partial charge in [-0.3, -0.25) is 0 Å². The van der Waals surface area contributed by atoms with Crippen LogP contribution in [0.5, 0.6) is 0 Å². The molecule has 0 atom stereocenters. The van der Waals surface area contributed by atoms with Crippen LogP contribution >= 0.6 is 0 Å². The topological polar surface area (TPSA) is 61.7 Å². The molecular weight excluding hydrogens is 202 g/mol. The molecule has 5 nitrogen and oxygen atoms in total.